The van der Waals surface area contributed by atoms with Crippen molar-refractivity contribution in [2.24, 2.45) is 0 Å². The van der Waals surface area contributed by atoms with Crippen molar-refractivity contribution in [2.75, 3.05) is 39.4 Å². The molecular weight excluding hydrogens is 312 g/mol. The van der Waals surface area contributed by atoms with E-state index in [-0.39, 0.29) is 0 Å². The Labute approximate surface area is 121 Å². The molecule has 3 nitrogen and oxygen atoms in total. The summed E-state index contributed by atoms with van der Waals surface area (Å²) in [6.45, 7) is 7.61. The quantitative estimate of drug-likeness (QED) is 0.846. The first kappa shape index (κ1) is 13.1. The smallest absolute Gasteiger partial charge is 0.0701 e. The van der Waals surface area contributed by atoms with Gasteiger partial charge in [0.2, 0.25) is 0 Å². The lowest BCUT2D eigenvalue weighted by Gasteiger charge is -2.32. The highest BCUT2D eigenvalue weighted by atomic mass is 79.9. The average Bonchev–Trinajstić information content (AvgIpc) is 3.01. The molecule has 0 spiro atoms. The number of nitrogens with zero attached hydrogens (tertiary/aromatic N) is 2. The summed E-state index contributed by atoms with van der Waals surface area (Å²) in [6.07, 6.45) is 1.31. The molecule has 3 rings (SSSR count). The number of thiophene rings is 1. The third kappa shape index (κ3) is 3.14. The highest BCUT2D eigenvalue weighted by molar-refractivity contribution is 9.11. The molecule has 1 atom stereocenters. The number of halogens is 1. The lowest BCUT2D eigenvalue weighted by molar-refractivity contribution is 0.0184. The molecule has 18 heavy (non-hydrogen) atoms. The Hall–Kier alpha value is 0.0600. The van der Waals surface area contributed by atoms with Crippen LogP contribution in [0.2, 0.25) is 0 Å². The van der Waals surface area contributed by atoms with Crippen LogP contribution in [0.1, 0.15) is 11.3 Å². The maximum atomic E-state index is 5.43. The Morgan fingerprint density at radius 2 is 2.11 bits per heavy atom. The fourth-order valence-corrected chi connectivity index (χ4v) is 4.38. The second-order valence-electron chi connectivity index (χ2n) is 5.03. The van der Waals surface area contributed by atoms with Gasteiger partial charge in [-0.1, -0.05) is 0 Å². The van der Waals surface area contributed by atoms with E-state index < -0.39 is 0 Å². The van der Waals surface area contributed by atoms with Crippen molar-refractivity contribution in [3.8, 4) is 0 Å². The zero-order valence-corrected chi connectivity index (χ0v) is 12.9. The Balaban J connectivity index is 1.51. The molecule has 100 valence electrons. The van der Waals surface area contributed by atoms with E-state index in [1.165, 1.54) is 28.2 Å². The molecule has 0 saturated carbocycles. The molecule has 2 fully saturated rings. The fourth-order valence-electron chi connectivity index (χ4n) is 2.85. The second kappa shape index (κ2) is 6.01. The van der Waals surface area contributed by atoms with Gasteiger partial charge in [0, 0.05) is 43.6 Å². The van der Waals surface area contributed by atoms with E-state index in [0.29, 0.717) is 0 Å². The number of rotatable bonds is 3. The highest BCUT2D eigenvalue weighted by Crippen LogP contribution is 2.25. The first-order valence-electron chi connectivity index (χ1n) is 6.59. The maximum absolute atomic E-state index is 5.43. The first-order valence-corrected chi connectivity index (χ1v) is 8.20. The zero-order chi connectivity index (χ0) is 12.4. The maximum Gasteiger partial charge on any atom is 0.0701 e. The van der Waals surface area contributed by atoms with Gasteiger partial charge in [-0.3, -0.25) is 9.80 Å². The molecule has 2 aliphatic rings. The van der Waals surface area contributed by atoms with Crippen LogP contribution in [0, 0.1) is 0 Å². The Kier molecular flexibility index (Phi) is 4.36. The average molecular weight is 331 g/mol. The molecule has 1 unspecified atom stereocenters. The predicted molar refractivity (Wildman–Crippen MR) is 78.1 cm³/mol. The topological polar surface area (TPSA) is 15.7 Å². The molecule has 1 aromatic rings. The van der Waals surface area contributed by atoms with Gasteiger partial charge < -0.3 is 4.74 Å². The van der Waals surface area contributed by atoms with Gasteiger partial charge in [0.05, 0.1) is 17.0 Å². The van der Waals surface area contributed by atoms with Crippen molar-refractivity contribution in [1.29, 1.82) is 0 Å². The minimum atomic E-state index is 0.748. The van der Waals surface area contributed by atoms with Gasteiger partial charge in [-0.15, -0.1) is 11.3 Å². The normalized spacial score (nSPS) is 26.8. The van der Waals surface area contributed by atoms with Crippen LogP contribution in [0.4, 0.5) is 0 Å². The highest BCUT2D eigenvalue weighted by Gasteiger charge is 2.28. The fraction of sp³-hybridized carbons (Fsp3) is 0.692. The van der Waals surface area contributed by atoms with Crippen LogP contribution < -0.4 is 0 Å². The number of hydrogen-bond donors (Lipinski definition) is 0. The summed E-state index contributed by atoms with van der Waals surface area (Å²) in [5.41, 5.74) is 0. The third-order valence-electron chi connectivity index (χ3n) is 3.82. The number of morpholine rings is 1. The molecule has 2 aliphatic heterocycles. The molecule has 0 N–H and O–H groups in total. The summed E-state index contributed by atoms with van der Waals surface area (Å²) in [6, 6.07) is 5.13. The lowest BCUT2D eigenvalue weighted by Crippen LogP contribution is -2.44. The second-order valence-corrected chi connectivity index (χ2v) is 7.58. The molecule has 3 heterocycles. The molecule has 2 saturated heterocycles. The van der Waals surface area contributed by atoms with E-state index in [2.05, 4.69) is 37.9 Å². The van der Waals surface area contributed by atoms with E-state index in [0.717, 1.165) is 38.9 Å². The van der Waals surface area contributed by atoms with Gasteiger partial charge in [-0.05, 0) is 34.5 Å². The lowest BCUT2D eigenvalue weighted by atomic mass is 10.2. The minimum absolute atomic E-state index is 0.748. The molecule has 0 aromatic carbocycles. The van der Waals surface area contributed by atoms with Crippen LogP contribution in [0.5, 0.6) is 0 Å². The van der Waals surface area contributed by atoms with Crippen LogP contribution in [-0.2, 0) is 11.3 Å². The molecule has 0 aliphatic carbocycles. The first-order chi connectivity index (χ1) is 8.81. The van der Waals surface area contributed by atoms with Gasteiger partial charge in [0.15, 0.2) is 0 Å². The summed E-state index contributed by atoms with van der Waals surface area (Å²) in [5, 5.41) is 0. The number of likely N-dealkylation sites (tertiary alicyclic amines) is 1. The van der Waals surface area contributed by atoms with Gasteiger partial charge >= 0.3 is 0 Å². The summed E-state index contributed by atoms with van der Waals surface area (Å²) in [7, 11) is 0. The van der Waals surface area contributed by atoms with Crippen LogP contribution in [-0.4, -0.2) is 55.2 Å². The van der Waals surface area contributed by atoms with Crippen LogP contribution in [0.3, 0.4) is 0 Å². The van der Waals surface area contributed by atoms with Crippen molar-refractivity contribution in [1.82, 2.24) is 9.80 Å². The van der Waals surface area contributed by atoms with E-state index in [1.54, 1.807) is 0 Å². The van der Waals surface area contributed by atoms with Crippen molar-refractivity contribution >= 4 is 27.3 Å². The van der Waals surface area contributed by atoms with E-state index in [1.807, 2.05) is 11.3 Å². The Morgan fingerprint density at radius 1 is 1.28 bits per heavy atom. The minimum Gasteiger partial charge on any atom is -0.379 e. The van der Waals surface area contributed by atoms with Crippen molar-refractivity contribution in [2.45, 2.75) is 19.0 Å². The van der Waals surface area contributed by atoms with Crippen LogP contribution in [0.25, 0.3) is 0 Å². The van der Waals surface area contributed by atoms with Gasteiger partial charge in [0.25, 0.3) is 0 Å². The molecular formula is C13H19BrN2OS. The predicted octanol–water partition coefficient (Wildman–Crippen LogP) is 2.42. The van der Waals surface area contributed by atoms with E-state index in [4.69, 9.17) is 4.74 Å². The summed E-state index contributed by atoms with van der Waals surface area (Å²) in [4.78, 5) is 6.65. The zero-order valence-electron chi connectivity index (χ0n) is 10.5. The largest absolute Gasteiger partial charge is 0.379 e. The number of ether oxygens (including phenoxy) is 1. The van der Waals surface area contributed by atoms with Crippen LogP contribution in [0.15, 0.2) is 15.9 Å². The van der Waals surface area contributed by atoms with Gasteiger partial charge in [-0.25, -0.2) is 0 Å². The van der Waals surface area contributed by atoms with Crippen LogP contribution >= 0.6 is 27.3 Å². The monoisotopic (exact) mass is 330 g/mol. The third-order valence-corrected chi connectivity index (χ3v) is 5.43. The van der Waals surface area contributed by atoms with E-state index >= 15 is 0 Å². The van der Waals surface area contributed by atoms with Crippen molar-refractivity contribution in [3.05, 3.63) is 20.8 Å². The molecule has 1 aromatic heterocycles. The summed E-state index contributed by atoms with van der Waals surface area (Å²) in [5.74, 6) is 0. The Bertz CT molecular complexity index is 392. The summed E-state index contributed by atoms with van der Waals surface area (Å²) >= 11 is 5.39. The molecule has 5 heteroatoms. The SMILES string of the molecule is Brc1ccc(CN2CCC(N3CCOCC3)C2)s1. The molecule has 0 amide bonds. The van der Waals surface area contributed by atoms with Crippen molar-refractivity contribution in [3.63, 3.8) is 0 Å². The number of hydrogen-bond acceptors (Lipinski definition) is 4. The standard InChI is InChI=1S/C13H19BrN2OS/c14-13-2-1-12(18-13)10-15-4-3-11(9-15)16-5-7-17-8-6-16/h1-2,11H,3-10H2. The summed E-state index contributed by atoms with van der Waals surface area (Å²) < 4.78 is 6.66. The van der Waals surface area contributed by atoms with Gasteiger partial charge in [0.1, 0.15) is 0 Å². The molecule has 0 radical (unpaired) electrons. The van der Waals surface area contributed by atoms with E-state index in [9.17, 15) is 0 Å². The van der Waals surface area contributed by atoms with Gasteiger partial charge in [-0.2, -0.15) is 0 Å². The van der Waals surface area contributed by atoms with Crippen molar-refractivity contribution < 1.29 is 4.74 Å². The Morgan fingerprint density at radius 3 is 2.83 bits per heavy atom. The molecule has 0 bridgehead atoms.